The van der Waals surface area contributed by atoms with Gasteiger partial charge in [-0.25, -0.2) is 18.3 Å². The molecule has 0 bridgehead atoms. The third kappa shape index (κ3) is 2.82. The van der Waals surface area contributed by atoms with Gasteiger partial charge in [0.1, 0.15) is 11.8 Å². The van der Waals surface area contributed by atoms with Crippen molar-refractivity contribution in [1.29, 1.82) is 0 Å². The fraction of sp³-hybridized carbons (Fsp3) is 0.471. The molecule has 0 saturated carbocycles. The number of carbonyl (C=O) groups is 1. The molecule has 1 aromatic carbocycles. The van der Waals surface area contributed by atoms with Crippen LogP contribution < -0.4 is 9.80 Å². The molecule has 142 valence electrons. The summed E-state index contributed by atoms with van der Waals surface area (Å²) in [4.78, 5) is 15.1. The zero-order valence-electron chi connectivity index (χ0n) is 14.3. The molecule has 3 fully saturated rings. The lowest BCUT2D eigenvalue weighted by atomic mass is 9.82. The largest absolute Gasteiger partial charge is 0.442 e. The zero-order valence-corrected chi connectivity index (χ0v) is 15.2. The van der Waals surface area contributed by atoms with Gasteiger partial charge in [-0.1, -0.05) is 5.21 Å². The molecule has 5 rings (SSSR count). The van der Waals surface area contributed by atoms with Crippen LogP contribution in [0.3, 0.4) is 0 Å². The molecule has 0 aliphatic carbocycles. The van der Waals surface area contributed by atoms with E-state index in [1.807, 2.05) is 11.8 Å². The van der Waals surface area contributed by atoms with E-state index >= 15 is 0 Å². The van der Waals surface area contributed by atoms with Crippen molar-refractivity contribution >= 4 is 29.2 Å². The number of halogens is 2. The van der Waals surface area contributed by atoms with Gasteiger partial charge >= 0.3 is 6.09 Å². The number of aromatic nitrogens is 3. The Morgan fingerprint density at radius 1 is 1.26 bits per heavy atom. The average Bonchev–Trinajstić information content (AvgIpc) is 3.16. The van der Waals surface area contributed by atoms with Gasteiger partial charge in [-0.2, -0.15) is 11.8 Å². The molecule has 3 aliphatic rings. The van der Waals surface area contributed by atoms with Crippen LogP contribution in [0.15, 0.2) is 24.5 Å². The van der Waals surface area contributed by atoms with Crippen LogP contribution in [0.2, 0.25) is 0 Å². The molecule has 1 unspecified atom stereocenters. The van der Waals surface area contributed by atoms with Crippen LogP contribution in [0.25, 0.3) is 0 Å². The average molecular weight is 393 g/mol. The Bertz CT molecular complexity index is 858. The van der Waals surface area contributed by atoms with E-state index in [1.165, 1.54) is 23.2 Å². The van der Waals surface area contributed by atoms with Gasteiger partial charge in [0, 0.05) is 48.3 Å². The maximum Gasteiger partial charge on any atom is 0.414 e. The normalized spacial score (nSPS) is 23.3. The summed E-state index contributed by atoms with van der Waals surface area (Å²) in [6.45, 7) is 1.89. The van der Waals surface area contributed by atoms with Gasteiger partial charge in [-0.15, -0.1) is 5.10 Å². The Morgan fingerprint density at radius 2 is 2.00 bits per heavy atom. The minimum absolute atomic E-state index is 0.00648. The lowest BCUT2D eigenvalue weighted by molar-refractivity contribution is 0.129. The summed E-state index contributed by atoms with van der Waals surface area (Å²) in [5, 5.41) is 7.53. The van der Waals surface area contributed by atoms with E-state index in [2.05, 4.69) is 10.3 Å². The number of hydrogen-bond donors (Lipinski definition) is 0. The number of ether oxygens (including phenoxy) is 1. The van der Waals surface area contributed by atoms with E-state index in [9.17, 15) is 13.6 Å². The second-order valence-corrected chi connectivity index (χ2v) is 8.33. The molecule has 1 aromatic heterocycles. The number of hydrogen-bond acceptors (Lipinski definition) is 6. The number of thioether (sulfide) groups is 1. The van der Waals surface area contributed by atoms with E-state index in [0.29, 0.717) is 19.6 Å². The monoisotopic (exact) mass is 393 g/mol. The predicted molar refractivity (Wildman–Crippen MR) is 96.0 cm³/mol. The highest BCUT2D eigenvalue weighted by molar-refractivity contribution is 8.00. The van der Waals surface area contributed by atoms with Crippen molar-refractivity contribution in [3.8, 4) is 0 Å². The smallest absolute Gasteiger partial charge is 0.414 e. The summed E-state index contributed by atoms with van der Waals surface area (Å²) >= 11 is 1.86. The molecule has 3 aliphatic heterocycles. The first-order chi connectivity index (χ1) is 13.0. The van der Waals surface area contributed by atoms with Gasteiger partial charge in [0.15, 0.2) is 11.6 Å². The van der Waals surface area contributed by atoms with Crippen molar-refractivity contribution in [2.24, 2.45) is 5.41 Å². The van der Waals surface area contributed by atoms with E-state index in [1.54, 1.807) is 15.8 Å². The quantitative estimate of drug-likeness (QED) is 0.793. The van der Waals surface area contributed by atoms with Crippen LogP contribution >= 0.6 is 11.8 Å². The second kappa shape index (κ2) is 6.08. The van der Waals surface area contributed by atoms with Crippen LogP contribution in [-0.2, 0) is 11.3 Å². The number of rotatable bonds is 4. The summed E-state index contributed by atoms with van der Waals surface area (Å²) in [5.41, 5.74) is 0.387. The van der Waals surface area contributed by atoms with Crippen molar-refractivity contribution in [2.45, 2.75) is 12.6 Å². The van der Waals surface area contributed by atoms with Crippen molar-refractivity contribution in [3.05, 3.63) is 36.2 Å². The fourth-order valence-electron chi connectivity index (χ4n) is 3.87. The summed E-state index contributed by atoms with van der Waals surface area (Å²) in [6.07, 6.45) is 2.10. The second-order valence-electron chi connectivity index (χ2n) is 7.35. The van der Waals surface area contributed by atoms with Crippen molar-refractivity contribution in [1.82, 2.24) is 15.0 Å². The first-order valence-electron chi connectivity index (χ1n) is 8.67. The molecule has 0 N–H and O–H groups in total. The maximum atomic E-state index is 14.7. The Kier molecular flexibility index (Phi) is 3.78. The van der Waals surface area contributed by atoms with E-state index < -0.39 is 23.8 Å². The van der Waals surface area contributed by atoms with Crippen molar-refractivity contribution < 1.29 is 18.3 Å². The SMILES string of the molecule is O=C1OC(Cn2ccnn2)CN1c1cc(F)c(N2CC3(CSC3)C2)c(F)c1. The van der Waals surface area contributed by atoms with E-state index in [-0.39, 0.29) is 23.3 Å². The van der Waals surface area contributed by atoms with Gasteiger partial charge in [0.2, 0.25) is 0 Å². The van der Waals surface area contributed by atoms with Crippen molar-refractivity contribution in [3.63, 3.8) is 0 Å². The Morgan fingerprint density at radius 3 is 2.59 bits per heavy atom. The van der Waals surface area contributed by atoms with Crippen LogP contribution in [0.4, 0.5) is 25.0 Å². The lowest BCUT2D eigenvalue weighted by Gasteiger charge is -2.56. The number of amides is 1. The molecule has 10 heteroatoms. The highest BCUT2D eigenvalue weighted by atomic mass is 32.2. The topological polar surface area (TPSA) is 63.5 Å². The molecular weight excluding hydrogens is 376 g/mol. The Balaban J connectivity index is 1.32. The molecule has 27 heavy (non-hydrogen) atoms. The zero-order chi connectivity index (χ0) is 18.6. The van der Waals surface area contributed by atoms with Gasteiger partial charge in [-0.05, 0) is 0 Å². The van der Waals surface area contributed by atoms with Gasteiger partial charge in [-0.3, -0.25) is 4.90 Å². The molecule has 4 heterocycles. The van der Waals surface area contributed by atoms with Crippen LogP contribution in [0.5, 0.6) is 0 Å². The standard InChI is InChI=1S/C17H17F2N5O2S/c18-13-3-11(4-14(19)15(13)22-7-17(8-22)9-27-10-17)24-6-12(26-16(24)25)5-23-2-1-20-21-23/h1-4,12H,5-10H2. The highest BCUT2D eigenvalue weighted by Gasteiger charge is 2.49. The predicted octanol–water partition coefficient (Wildman–Crippen LogP) is 2.13. The molecule has 2 aromatic rings. The molecule has 1 atom stereocenters. The molecule has 7 nitrogen and oxygen atoms in total. The minimum atomic E-state index is -0.653. The Hall–Kier alpha value is -2.36. The first-order valence-corrected chi connectivity index (χ1v) is 9.82. The summed E-state index contributed by atoms with van der Waals surface area (Å²) in [6, 6.07) is 2.41. The number of benzene rings is 1. The van der Waals surface area contributed by atoms with Crippen LogP contribution in [-0.4, -0.2) is 58.3 Å². The van der Waals surface area contributed by atoms with Gasteiger partial charge in [0.25, 0.3) is 0 Å². The lowest BCUT2D eigenvalue weighted by Crippen LogP contribution is -2.63. The molecular formula is C17H17F2N5O2S. The van der Waals surface area contributed by atoms with Crippen LogP contribution in [0.1, 0.15) is 0 Å². The third-order valence-corrected chi connectivity index (χ3v) is 6.87. The summed E-state index contributed by atoms with van der Waals surface area (Å²) < 4.78 is 36.1. The number of carbonyl (C=O) groups excluding carboxylic acids is 1. The number of cyclic esters (lactones) is 1. The fourth-order valence-corrected chi connectivity index (χ4v) is 5.02. The van der Waals surface area contributed by atoms with E-state index in [4.69, 9.17) is 4.74 Å². The summed E-state index contributed by atoms with van der Waals surface area (Å²) in [5.74, 6) is 0.800. The molecule has 0 radical (unpaired) electrons. The third-order valence-electron chi connectivity index (χ3n) is 5.24. The number of anilines is 2. The molecule has 1 spiro atoms. The first kappa shape index (κ1) is 16.8. The molecule has 1 amide bonds. The molecule has 3 saturated heterocycles. The van der Waals surface area contributed by atoms with Gasteiger partial charge < -0.3 is 9.64 Å². The minimum Gasteiger partial charge on any atom is -0.442 e. The van der Waals surface area contributed by atoms with Gasteiger partial charge in [0.05, 0.1) is 25.0 Å². The number of nitrogens with zero attached hydrogens (tertiary/aromatic N) is 5. The van der Waals surface area contributed by atoms with Crippen LogP contribution in [0, 0.1) is 17.0 Å². The highest BCUT2D eigenvalue weighted by Crippen LogP contribution is 2.48. The summed E-state index contributed by atoms with van der Waals surface area (Å²) in [7, 11) is 0. The Labute approximate surface area is 158 Å². The van der Waals surface area contributed by atoms with E-state index in [0.717, 1.165) is 11.5 Å². The maximum absolute atomic E-state index is 14.7. The van der Waals surface area contributed by atoms with Crippen molar-refractivity contribution in [2.75, 3.05) is 40.9 Å².